The standard InChI is InChI=1S/C35H27N/c1-22-12-14-29-30(20-22)34(28-10-5-4-9-27(28)33(29)23-16-18-36-19-17-23)24-13-15-26-25-8-6-7-11-31(25)35(2,3)32(26)21-24/h4-21H,1-3H3. The Labute approximate surface area is 212 Å². The Hall–Kier alpha value is -4.23. The predicted molar refractivity (Wildman–Crippen MR) is 152 cm³/mol. The highest BCUT2D eigenvalue weighted by Crippen LogP contribution is 2.51. The van der Waals surface area contributed by atoms with Crippen LogP contribution in [0.1, 0.15) is 30.5 Å². The number of hydrogen-bond donors (Lipinski definition) is 0. The average molecular weight is 462 g/mol. The number of nitrogens with zero attached hydrogens (tertiary/aromatic N) is 1. The summed E-state index contributed by atoms with van der Waals surface area (Å²) in [5.41, 5.74) is 11.9. The van der Waals surface area contributed by atoms with Crippen molar-refractivity contribution in [2.75, 3.05) is 0 Å². The highest BCUT2D eigenvalue weighted by atomic mass is 14.6. The average Bonchev–Trinajstić information content (AvgIpc) is 3.14. The van der Waals surface area contributed by atoms with E-state index in [4.69, 9.17) is 0 Å². The van der Waals surface area contributed by atoms with Crippen molar-refractivity contribution in [3.05, 3.63) is 126 Å². The third-order valence-electron chi connectivity index (χ3n) is 8.02. The fourth-order valence-corrected chi connectivity index (χ4v) is 6.29. The van der Waals surface area contributed by atoms with Gasteiger partial charge in [-0.05, 0) is 91.2 Å². The van der Waals surface area contributed by atoms with Crippen LogP contribution in [0.5, 0.6) is 0 Å². The van der Waals surface area contributed by atoms with Crippen LogP contribution in [0.4, 0.5) is 0 Å². The van der Waals surface area contributed by atoms with Crippen LogP contribution < -0.4 is 0 Å². The first-order chi connectivity index (χ1) is 17.5. The smallest absolute Gasteiger partial charge is 0.0273 e. The summed E-state index contributed by atoms with van der Waals surface area (Å²) in [6.07, 6.45) is 3.77. The van der Waals surface area contributed by atoms with E-state index in [1.807, 2.05) is 12.4 Å². The van der Waals surface area contributed by atoms with E-state index < -0.39 is 0 Å². The van der Waals surface area contributed by atoms with Gasteiger partial charge in [0.1, 0.15) is 0 Å². The van der Waals surface area contributed by atoms with Gasteiger partial charge in [0.15, 0.2) is 0 Å². The molecule has 1 aromatic heterocycles. The van der Waals surface area contributed by atoms with Crippen molar-refractivity contribution >= 4 is 21.5 Å². The maximum absolute atomic E-state index is 4.27. The summed E-state index contributed by atoms with van der Waals surface area (Å²) in [6, 6.07) is 36.0. The molecule has 1 heteroatoms. The third-order valence-corrected chi connectivity index (χ3v) is 8.02. The summed E-state index contributed by atoms with van der Waals surface area (Å²) in [4.78, 5) is 4.27. The van der Waals surface area contributed by atoms with Gasteiger partial charge in [-0.1, -0.05) is 98.3 Å². The lowest BCUT2D eigenvalue weighted by molar-refractivity contribution is 0.660. The minimum absolute atomic E-state index is 0.0273. The zero-order chi connectivity index (χ0) is 24.4. The second-order valence-corrected chi connectivity index (χ2v) is 10.5. The van der Waals surface area contributed by atoms with E-state index in [2.05, 4.69) is 123 Å². The predicted octanol–water partition coefficient (Wildman–Crippen LogP) is 9.34. The van der Waals surface area contributed by atoms with Crippen LogP contribution in [0.2, 0.25) is 0 Å². The number of aromatic nitrogens is 1. The molecule has 0 atom stereocenters. The molecule has 0 bridgehead atoms. The van der Waals surface area contributed by atoms with Gasteiger partial charge in [-0.15, -0.1) is 0 Å². The van der Waals surface area contributed by atoms with E-state index in [9.17, 15) is 0 Å². The topological polar surface area (TPSA) is 12.9 Å². The van der Waals surface area contributed by atoms with Gasteiger partial charge in [-0.3, -0.25) is 4.98 Å². The lowest BCUT2D eigenvalue weighted by Crippen LogP contribution is -2.14. The van der Waals surface area contributed by atoms with E-state index in [1.165, 1.54) is 71.6 Å². The quantitative estimate of drug-likeness (QED) is 0.234. The summed E-state index contributed by atoms with van der Waals surface area (Å²) >= 11 is 0. The van der Waals surface area contributed by atoms with Crippen LogP contribution in [-0.2, 0) is 5.41 Å². The van der Waals surface area contributed by atoms with Crippen LogP contribution in [0, 0.1) is 6.92 Å². The van der Waals surface area contributed by atoms with Crippen molar-refractivity contribution in [1.29, 1.82) is 0 Å². The summed E-state index contributed by atoms with van der Waals surface area (Å²) < 4.78 is 0. The lowest BCUT2D eigenvalue weighted by atomic mass is 9.80. The molecule has 0 saturated heterocycles. The molecule has 6 aromatic rings. The van der Waals surface area contributed by atoms with Gasteiger partial charge in [0.05, 0.1) is 0 Å². The fourth-order valence-electron chi connectivity index (χ4n) is 6.29. The molecule has 1 heterocycles. The van der Waals surface area contributed by atoms with Crippen LogP contribution in [0.25, 0.3) is 54.9 Å². The van der Waals surface area contributed by atoms with E-state index in [0.717, 1.165) is 0 Å². The van der Waals surface area contributed by atoms with Gasteiger partial charge < -0.3 is 0 Å². The van der Waals surface area contributed by atoms with Gasteiger partial charge in [-0.25, -0.2) is 0 Å². The van der Waals surface area contributed by atoms with Gasteiger partial charge >= 0.3 is 0 Å². The highest BCUT2D eigenvalue weighted by Gasteiger charge is 2.35. The summed E-state index contributed by atoms with van der Waals surface area (Å²) in [5.74, 6) is 0. The Morgan fingerprint density at radius 3 is 1.94 bits per heavy atom. The van der Waals surface area contributed by atoms with Crippen molar-refractivity contribution in [2.24, 2.45) is 0 Å². The zero-order valence-corrected chi connectivity index (χ0v) is 20.8. The fraction of sp³-hybridized carbons (Fsp3) is 0.114. The second kappa shape index (κ2) is 7.63. The molecule has 1 nitrogen and oxygen atoms in total. The third kappa shape index (κ3) is 2.93. The summed E-state index contributed by atoms with van der Waals surface area (Å²) in [5, 5.41) is 5.14. The molecule has 0 spiro atoms. The Morgan fingerprint density at radius 1 is 0.528 bits per heavy atom. The van der Waals surface area contributed by atoms with Crippen LogP contribution in [0.15, 0.2) is 109 Å². The van der Waals surface area contributed by atoms with Gasteiger partial charge in [-0.2, -0.15) is 0 Å². The summed E-state index contributed by atoms with van der Waals surface area (Å²) in [6.45, 7) is 6.90. The Bertz CT molecular complexity index is 1810. The minimum Gasteiger partial charge on any atom is -0.265 e. The monoisotopic (exact) mass is 461 g/mol. The SMILES string of the molecule is Cc1ccc2c(-c3ccncc3)c3ccccc3c(-c3ccc4c(c3)C(C)(C)c3ccccc3-4)c2c1. The number of pyridine rings is 1. The molecule has 172 valence electrons. The van der Waals surface area contributed by atoms with E-state index in [1.54, 1.807) is 0 Å². The van der Waals surface area contributed by atoms with E-state index in [-0.39, 0.29) is 5.41 Å². The first-order valence-corrected chi connectivity index (χ1v) is 12.6. The first kappa shape index (κ1) is 21.1. The molecular formula is C35H27N. The van der Waals surface area contributed by atoms with E-state index in [0.29, 0.717) is 0 Å². The molecule has 1 aliphatic rings. The zero-order valence-electron chi connectivity index (χ0n) is 20.8. The molecule has 5 aromatic carbocycles. The van der Waals surface area contributed by atoms with E-state index >= 15 is 0 Å². The number of rotatable bonds is 2. The largest absolute Gasteiger partial charge is 0.265 e. The highest BCUT2D eigenvalue weighted by molar-refractivity contribution is 6.21. The molecule has 0 aliphatic heterocycles. The van der Waals surface area contributed by atoms with Crippen molar-refractivity contribution in [3.8, 4) is 33.4 Å². The van der Waals surface area contributed by atoms with Gasteiger partial charge in [0.2, 0.25) is 0 Å². The minimum atomic E-state index is -0.0273. The van der Waals surface area contributed by atoms with Gasteiger partial charge in [0.25, 0.3) is 0 Å². The van der Waals surface area contributed by atoms with Crippen molar-refractivity contribution in [3.63, 3.8) is 0 Å². The van der Waals surface area contributed by atoms with Crippen molar-refractivity contribution in [2.45, 2.75) is 26.2 Å². The molecular weight excluding hydrogens is 434 g/mol. The maximum atomic E-state index is 4.27. The molecule has 0 radical (unpaired) electrons. The number of hydrogen-bond acceptors (Lipinski definition) is 1. The van der Waals surface area contributed by atoms with Crippen molar-refractivity contribution in [1.82, 2.24) is 4.98 Å². The summed E-state index contributed by atoms with van der Waals surface area (Å²) in [7, 11) is 0. The van der Waals surface area contributed by atoms with Crippen LogP contribution >= 0.6 is 0 Å². The maximum Gasteiger partial charge on any atom is 0.0273 e. The molecule has 0 saturated carbocycles. The normalized spacial score (nSPS) is 13.6. The Kier molecular flexibility index (Phi) is 4.47. The number of benzene rings is 5. The molecule has 0 amide bonds. The first-order valence-electron chi connectivity index (χ1n) is 12.6. The molecule has 36 heavy (non-hydrogen) atoms. The second-order valence-electron chi connectivity index (χ2n) is 10.5. The molecule has 0 N–H and O–H groups in total. The number of aryl methyl sites for hydroxylation is 1. The molecule has 0 fully saturated rings. The van der Waals surface area contributed by atoms with Gasteiger partial charge in [0, 0.05) is 17.8 Å². The van der Waals surface area contributed by atoms with Crippen molar-refractivity contribution < 1.29 is 0 Å². The Morgan fingerprint density at radius 2 is 1.17 bits per heavy atom. The van der Waals surface area contributed by atoms with Crippen LogP contribution in [-0.4, -0.2) is 4.98 Å². The molecule has 0 unspecified atom stereocenters. The molecule has 7 rings (SSSR count). The lowest BCUT2D eigenvalue weighted by Gasteiger charge is -2.23. The Balaban J connectivity index is 1.59. The molecule has 1 aliphatic carbocycles. The number of fused-ring (bicyclic) bond motifs is 5. The van der Waals surface area contributed by atoms with Crippen LogP contribution in [0.3, 0.4) is 0 Å².